The fourth-order valence-electron chi connectivity index (χ4n) is 2.62. The molecule has 3 rings (SSSR count). The third-order valence-corrected chi connectivity index (χ3v) is 5.44. The highest BCUT2D eigenvalue weighted by Crippen LogP contribution is 2.16. The van der Waals surface area contributed by atoms with Crippen molar-refractivity contribution >= 4 is 21.1 Å². The largest absolute Gasteiger partial charge is 0.331 e. The number of aryl methyl sites for hydroxylation is 3. The van der Waals surface area contributed by atoms with Crippen molar-refractivity contribution in [1.82, 2.24) is 14.3 Å². The molecule has 0 amide bonds. The average Bonchev–Trinajstić information content (AvgIpc) is 2.82. The molecule has 0 aliphatic heterocycles. The first-order chi connectivity index (χ1) is 11.3. The summed E-state index contributed by atoms with van der Waals surface area (Å²) in [5.41, 5.74) is 4.71. The molecule has 0 atom stereocenters. The number of hydrogen-bond acceptors (Lipinski definition) is 3. The Labute approximate surface area is 142 Å². The fourth-order valence-corrected chi connectivity index (χ4v) is 3.74. The first-order valence-corrected chi connectivity index (χ1v) is 9.44. The highest BCUT2D eigenvalue weighted by molar-refractivity contribution is 7.88. The Balaban J connectivity index is 1.71. The minimum Gasteiger partial charge on any atom is -0.331 e. The van der Waals surface area contributed by atoms with Gasteiger partial charge in [0.05, 0.1) is 16.8 Å². The molecule has 0 bridgehead atoms. The van der Waals surface area contributed by atoms with E-state index in [2.05, 4.69) is 9.71 Å². The van der Waals surface area contributed by atoms with Crippen LogP contribution >= 0.6 is 0 Å². The zero-order valence-electron chi connectivity index (χ0n) is 14.1. The van der Waals surface area contributed by atoms with Crippen LogP contribution in [0.25, 0.3) is 11.0 Å². The molecule has 3 aromatic rings. The summed E-state index contributed by atoms with van der Waals surface area (Å²) in [6.45, 7) is 4.19. The Morgan fingerprint density at radius 2 is 1.71 bits per heavy atom. The predicted octanol–water partition coefficient (Wildman–Crippen LogP) is 2.81. The van der Waals surface area contributed by atoms with Gasteiger partial charge in [0.15, 0.2) is 0 Å². The summed E-state index contributed by atoms with van der Waals surface area (Å²) >= 11 is 0. The molecule has 1 aromatic heterocycles. The summed E-state index contributed by atoms with van der Waals surface area (Å²) < 4.78 is 29.2. The van der Waals surface area contributed by atoms with Gasteiger partial charge in [0.2, 0.25) is 10.0 Å². The van der Waals surface area contributed by atoms with Crippen LogP contribution in [-0.2, 0) is 29.4 Å². The van der Waals surface area contributed by atoms with E-state index in [1.165, 1.54) is 0 Å². The molecular formula is C18H21N3O2S. The van der Waals surface area contributed by atoms with Crippen LogP contribution in [0.4, 0.5) is 0 Å². The maximum atomic E-state index is 12.2. The van der Waals surface area contributed by atoms with E-state index in [4.69, 9.17) is 0 Å². The Bertz CT molecular complexity index is 973. The van der Waals surface area contributed by atoms with Crippen LogP contribution in [0.15, 0.2) is 42.5 Å². The summed E-state index contributed by atoms with van der Waals surface area (Å²) in [6.07, 6.45) is 0. The van der Waals surface area contributed by atoms with Gasteiger partial charge >= 0.3 is 0 Å². The van der Waals surface area contributed by atoms with E-state index >= 15 is 0 Å². The summed E-state index contributed by atoms with van der Waals surface area (Å²) in [5.74, 6) is 0.917. The molecule has 2 aromatic carbocycles. The standard InChI is InChI=1S/C18H21N3O2S/c1-13-4-6-15(7-5-13)12-24(22,23)19-11-16-8-9-18-17(10-16)20-14(2)21(18)3/h4-10,19H,11-12H2,1-3H3. The summed E-state index contributed by atoms with van der Waals surface area (Å²) in [6, 6.07) is 13.4. The van der Waals surface area contributed by atoms with Gasteiger partial charge in [-0.1, -0.05) is 35.9 Å². The maximum absolute atomic E-state index is 12.2. The number of nitrogens with one attached hydrogen (secondary N) is 1. The third-order valence-electron chi connectivity index (χ3n) is 4.14. The van der Waals surface area contributed by atoms with Crippen molar-refractivity contribution in [2.75, 3.05) is 0 Å². The van der Waals surface area contributed by atoms with Crippen LogP contribution in [-0.4, -0.2) is 18.0 Å². The Morgan fingerprint density at radius 1 is 1.04 bits per heavy atom. The maximum Gasteiger partial charge on any atom is 0.216 e. The summed E-state index contributed by atoms with van der Waals surface area (Å²) in [7, 11) is -1.41. The molecule has 24 heavy (non-hydrogen) atoms. The number of nitrogens with zero attached hydrogens (tertiary/aromatic N) is 2. The number of hydrogen-bond donors (Lipinski definition) is 1. The first kappa shape index (κ1) is 16.7. The SMILES string of the molecule is Cc1ccc(CS(=O)(=O)NCc2ccc3c(c2)nc(C)n3C)cc1. The molecule has 0 aliphatic rings. The molecule has 126 valence electrons. The fraction of sp³-hybridized carbons (Fsp3) is 0.278. The van der Waals surface area contributed by atoms with Crippen LogP contribution in [0.5, 0.6) is 0 Å². The van der Waals surface area contributed by atoms with Gasteiger partial charge in [-0.25, -0.2) is 18.1 Å². The number of aromatic nitrogens is 2. The molecule has 0 radical (unpaired) electrons. The highest BCUT2D eigenvalue weighted by atomic mass is 32.2. The van der Waals surface area contributed by atoms with E-state index in [9.17, 15) is 8.42 Å². The smallest absolute Gasteiger partial charge is 0.216 e. The van der Waals surface area contributed by atoms with Crippen LogP contribution in [0.2, 0.25) is 0 Å². The van der Waals surface area contributed by atoms with Gasteiger partial charge in [0.25, 0.3) is 0 Å². The molecule has 6 heteroatoms. The second-order valence-corrected chi connectivity index (χ2v) is 7.91. The molecule has 0 aliphatic carbocycles. The lowest BCUT2D eigenvalue weighted by Gasteiger charge is -2.07. The molecule has 5 nitrogen and oxygen atoms in total. The average molecular weight is 343 g/mol. The van der Waals surface area contributed by atoms with E-state index in [-0.39, 0.29) is 12.3 Å². The Kier molecular flexibility index (Phi) is 4.43. The molecule has 0 saturated heterocycles. The first-order valence-electron chi connectivity index (χ1n) is 7.79. The van der Waals surface area contributed by atoms with Crippen molar-refractivity contribution in [3.05, 3.63) is 65.0 Å². The van der Waals surface area contributed by atoms with E-state index in [1.807, 2.05) is 67.9 Å². The monoisotopic (exact) mass is 343 g/mol. The van der Waals surface area contributed by atoms with E-state index < -0.39 is 10.0 Å². The third kappa shape index (κ3) is 3.66. The van der Waals surface area contributed by atoms with Crippen molar-refractivity contribution in [1.29, 1.82) is 0 Å². The number of benzene rings is 2. The molecule has 0 unspecified atom stereocenters. The zero-order valence-corrected chi connectivity index (χ0v) is 14.9. The quantitative estimate of drug-likeness (QED) is 0.775. The van der Waals surface area contributed by atoms with Gasteiger partial charge in [-0.05, 0) is 37.1 Å². The Morgan fingerprint density at radius 3 is 2.42 bits per heavy atom. The van der Waals surface area contributed by atoms with Crippen molar-refractivity contribution in [3.8, 4) is 0 Å². The summed E-state index contributed by atoms with van der Waals surface area (Å²) in [4.78, 5) is 4.48. The van der Waals surface area contributed by atoms with Crippen molar-refractivity contribution in [2.24, 2.45) is 7.05 Å². The van der Waals surface area contributed by atoms with E-state index in [0.717, 1.165) is 33.5 Å². The molecule has 1 heterocycles. The topological polar surface area (TPSA) is 64.0 Å². The number of sulfonamides is 1. The van der Waals surface area contributed by atoms with Gasteiger partial charge in [-0.3, -0.25) is 0 Å². The van der Waals surface area contributed by atoms with Crippen LogP contribution in [0.1, 0.15) is 22.5 Å². The lowest BCUT2D eigenvalue weighted by Crippen LogP contribution is -2.24. The van der Waals surface area contributed by atoms with Crippen molar-refractivity contribution < 1.29 is 8.42 Å². The van der Waals surface area contributed by atoms with Crippen LogP contribution in [0, 0.1) is 13.8 Å². The van der Waals surface area contributed by atoms with Crippen LogP contribution in [0.3, 0.4) is 0 Å². The lowest BCUT2D eigenvalue weighted by atomic mass is 10.2. The molecule has 0 fully saturated rings. The highest BCUT2D eigenvalue weighted by Gasteiger charge is 2.12. The van der Waals surface area contributed by atoms with Gasteiger partial charge in [-0.2, -0.15) is 0 Å². The van der Waals surface area contributed by atoms with Crippen LogP contribution < -0.4 is 4.72 Å². The predicted molar refractivity (Wildman–Crippen MR) is 96.1 cm³/mol. The second kappa shape index (κ2) is 6.37. The Hall–Kier alpha value is -2.18. The molecule has 0 saturated carbocycles. The normalized spacial score (nSPS) is 12.0. The second-order valence-electron chi connectivity index (χ2n) is 6.11. The van der Waals surface area contributed by atoms with Gasteiger partial charge < -0.3 is 4.57 Å². The molecule has 0 spiro atoms. The lowest BCUT2D eigenvalue weighted by molar-refractivity contribution is 0.580. The van der Waals surface area contributed by atoms with Crippen molar-refractivity contribution in [2.45, 2.75) is 26.1 Å². The number of fused-ring (bicyclic) bond motifs is 1. The molecule has 1 N–H and O–H groups in total. The minimum atomic E-state index is -3.38. The zero-order chi connectivity index (χ0) is 17.3. The minimum absolute atomic E-state index is 0.0157. The van der Waals surface area contributed by atoms with Gasteiger partial charge in [-0.15, -0.1) is 0 Å². The summed E-state index contributed by atoms with van der Waals surface area (Å²) in [5, 5.41) is 0. The number of imidazole rings is 1. The van der Waals surface area contributed by atoms with E-state index in [0.29, 0.717) is 0 Å². The molecular weight excluding hydrogens is 322 g/mol. The van der Waals surface area contributed by atoms with Gasteiger partial charge in [0, 0.05) is 13.6 Å². The van der Waals surface area contributed by atoms with Crippen molar-refractivity contribution in [3.63, 3.8) is 0 Å². The van der Waals surface area contributed by atoms with Gasteiger partial charge in [0.1, 0.15) is 5.82 Å². The van der Waals surface area contributed by atoms with E-state index in [1.54, 1.807) is 0 Å². The number of rotatable bonds is 5.